The van der Waals surface area contributed by atoms with Crippen molar-refractivity contribution in [1.82, 2.24) is 4.72 Å². The minimum absolute atomic E-state index is 0.466. The molecule has 0 amide bonds. The molecule has 0 heterocycles. The molecule has 2 nitrogen and oxygen atoms in total. The molecular formula is C22H37NOS. The van der Waals surface area contributed by atoms with Gasteiger partial charge in [0.05, 0.1) is 12.7 Å². The van der Waals surface area contributed by atoms with Gasteiger partial charge in [0.15, 0.2) is 0 Å². The van der Waals surface area contributed by atoms with Gasteiger partial charge in [-0.1, -0.05) is 75.4 Å². The normalized spacial score (nSPS) is 23.3. The molecule has 2 rings (SSSR count). The maximum absolute atomic E-state index is 6.31. The van der Waals surface area contributed by atoms with E-state index in [4.69, 9.17) is 4.74 Å². The summed E-state index contributed by atoms with van der Waals surface area (Å²) in [6.07, 6.45) is 12.8. The van der Waals surface area contributed by atoms with Crippen molar-refractivity contribution in [2.75, 3.05) is 12.9 Å². The van der Waals surface area contributed by atoms with Crippen molar-refractivity contribution in [2.24, 2.45) is 5.92 Å². The van der Waals surface area contributed by atoms with Crippen LogP contribution < -0.4 is 4.72 Å². The smallest absolute Gasteiger partial charge is 0.0575 e. The standard InChI is InChI=1S/C22H37NOS/c1-4-5-7-12-22(23-25-3)18(2)17-24-21-15-13-20(14-16-21)19-10-8-6-9-11-19/h6,8-11,18,20-23H,4-5,7,12-17H2,1-3H3. The Morgan fingerprint density at radius 1 is 1.12 bits per heavy atom. The van der Waals surface area contributed by atoms with Crippen LogP contribution in [0.1, 0.15) is 76.7 Å². The molecule has 2 unspecified atom stereocenters. The van der Waals surface area contributed by atoms with Crippen LogP contribution in [0.15, 0.2) is 30.3 Å². The Bertz CT molecular complexity index is 445. The van der Waals surface area contributed by atoms with Crippen LogP contribution >= 0.6 is 11.9 Å². The third kappa shape index (κ3) is 7.32. The van der Waals surface area contributed by atoms with E-state index >= 15 is 0 Å². The summed E-state index contributed by atoms with van der Waals surface area (Å²) in [5.41, 5.74) is 1.51. The average molecular weight is 364 g/mol. The molecule has 1 N–H and O–H groups in total. The van der Waals surface area contributed by atoms with Crippen LogP contribution in [0.5, 0.6) is 0 Å². The molecule has 1 aromatic rings. The first-order chi connectivity index (χ1) is 12.2. The summed E-state index contributed by atoms with van der Waals surface area (Å²) in [5, 5.41) is 0. The Hall–Kier alpha value is -0.510. The lowest BCUT2D eigenvalue weighted by molar-refractivity contribution is 0.00217. The molecule has 1 aliphatic rings. The van der Waals surface area contributed by atoms with Crippen molar-refractivity contribution in [2.45, 2.75) is 83.3 Å². The summed E-state index contributed by atoms with van der Waals surface area (Å²) in [4.78, 5) is 0. The molecule has 0 spiro atoms. The lowest BCUT2D eigenvalue weighted by atomic mass is 9.83. The van der Waals surface area contributed by atoms with E-state index in [9.17, 15) is 0 Å². The van der Waals surface area contributed by atoms with Gasteiger partial charge in [0.25, 0.3) is 0 Å². The van der Waals surface area contributed by atoms with Crippen LogP contribution in [0.25, 0.3) is 0 Å². The van der Waals surface area contributed by atoms with E-state index in [-0.39, 0.29) is 0 Å². The van der Waals surface area contributed by atoms with Gasteiger partial charge in [-0.2, -0.15) is 0 Å². The first kappa shape index (κ1) is 20.8. The fraction of sp³-hybridized carbons (Fsp3) is 0.727. The molecular weight excluding hydrogens is 326 g/mol. The lowest BCUT2D eigenvalue weighted by Gasteiger charge is -2.31. The molecule has 0 aliphatic heterocycles. The van der Waals surface area contributed by atoms with Gasteiger partial charge in [-0.25, -0.2) is 0 Å². The summed E-state index contributed by atoms with van der Waals surface area (Å²) in [7, 11) is 0. The maximum atomic E-state index is 6.31. The van der Waals surface area contributed by atoms with Crippen LogP contribution in [-0.2, 0) is 4.74 Å². The third-order valence-corrected chi connectivity index (χ3v) is 6.15. The third-order valence-electron chi connectivity index (χ3n) is 5.61. The Balaban J connectivity index is 1.70. The summed E-state index contributed by atoms with van der Waals surface area (Å²) >= 11 is 1.75. The van der Waals surface area contributed by atoms with E-state index in [2.05, 4.69) is 55.2 Å². The van der Waals surface area contributed by atoms with Crippen molar-refractivity contribution in [1.29, 1.82) is 0 Å². The van der Waals surface area contributed by atoms with E-state index in [1.54, 1.807) is 11.9 Å². The Kier molecular flexibility index (Phi) is 9.97. The molecule has 0 radical (unpaired) electrons. The van der Waals surface area contributed by atoms with Gasteiger partial charge < -0.3 is 4.74 Å². The van der Waals surface area contributed by atoms with E-state index < -0.39 is 0 Å². The van der Waals surface area contributed by atoms with Crippen molar-refractivity contribution in [3.63, 3.8) is 0 Å². The SMILES string of the molecule is CCCCCC(NSC)C(C)COC1CCC(c2ccccc2)CC1. The first-order valence-corrected chi connectivity index (χ1v) is 11.4. The number of hydrogen-bond acceptors (Lipinski definition) is 3. The topological polar surface area (TPSA) is 21.3 Å². The van der Waals surface area contributed by atoms with Crippen LogP contribution in [0, 0.1) is 5.92 Å². The minimum Gasteiger partial charge on any atom is -0.378 e. The summed E-state index contributed by atoms with van der Waals surface area (Å²) < 4.78 is 9.91. The molecule has 1 aliphatic carbocycles. The predicted octanol–water partition coefficient (Wildman–Crippen LogP) is 6.18. The van der Waals surface area contributed by atoms with Crippen LogP contribution in [-0.4, -0.2) is 25.0 Å². The van der Waals surface area contributed by atoms with E-state index in [1.807, 2.05) is 0 Å². The lowest BCUT2D eigenvalue weighted by Crippen LogP contribution is -2.34. The Morgan fingerprint density at radius 2 is 1.84 bits per heavy atom. The maximum Gasteiger partial charge on any atom is 0.0575 e. The van der Waals surface area contributed by atoms with Gasteiger partial charge >= 0.3 is 0 Å². The molecule has 0 saturated heterocycles. The quantitative estimate of drug-likeness (QED) is 0.374. The highest BCUT2D eigenvalue weighted by molar-refractivity contribution is 7.96. The molecule has 0 bridgehead atoms. The second kappa shape index (κ2) is 12.0. The second-order valence-corrected chi connectivity index (χ2v) is 8.26. The van der Waals surface area contributed by atoms with Gasteiger partial charge in [0, 0.05) is 6.04 Å². The van der Waals surface area contributed by atoms with E-state index in [0.29, 0.717) is 18.1 Å². The number of benzene rings is 1. The number of unbranched alkanes of at least 4 members (excludes halogenated alkanes) is 2. The van der Waals surface area contributed by atoms with Crippen molar-refractivity contribution >= 4 is 11.9 Å². The highest BCUT2D eigenvalue weighted by Crippen LogP contribution is 2.34. The fourth-order valence-electron chi connectivity index (χ4n) is 3.92. The van der Waals surface area contributed by atoms with Gasteiger partial charge in [0.1, 0.15) is 0 Å². The number of ether oxygens (including phenoxy) is 1. The molecule has 1 aromatic carbocycles. The minimum atomic E-state index is 0.466. The van der Waals surface area contributed by atoms with Gasteiger partial charge in [-0.15, -0.1) is 0 Å². The molecule has 0 aromatic heterocycles. The highest BCUT2D eigenvalue weighted by atomic mass is 32.2. The van der Waals surface area contributed by atoms with Crippen molar-refractivity contribution in [3.8, 4) is 0 Å². The zero-order valence-corrected chi connectivity index (χ0v) is 17.2. The van der Waals surface area contributed by atoms with Gasteiger partial charge in [0.2, 0.25) is 0 Å². The zero-order chi connectivity index (χ0) is 17.9. The van der Waals surface area contributed by atoms with Crippen LogP contribution in [0.4, 0.5) is 0 Å². The van der Waals surface area contributed by atoms with E-state index in [1.165, 1.54) is 56.9 Å². The Morgan fingerprint density at radius 3 is 2.48 bits per heavy atom. The molecule has 25 heavy (non-hydrogen) atoms. The number of hydrogen-bond donors (Lipinski definition) is 1. The number of nitrogens with one attached hydrogen (secondary N) is 1. The largest absolute Gasteiger partial charge is 0.378 e. The van der Waals surface area contributed by atoms with Crippen molar-refractivity contribution in [3.05, 3.63) is 35.9 Å². The first-order valence-electron chi connectivity index (χ1n) is 10.2. The fourth-order valence-corrected chi connectivity index (χ4v) is 4.57. The summed E-state index contributed by atoms with van der Waals surface area (Å²) in [5.74, 6) is 1.31. The number of rotatable bonds is 11. The van der Waals surface area contributed by atoms with Gasteiger partial charge in [-0.3, -0.25) is 4.72 Å². The molecule has 1 saturated carbocycles. The highest BCUT2D eigenvalue weighted by Gasteiger charge is 2.24. The summed E-state index contributed by atoms with van der Waals surface area (Å²) in [6.45, 7) is 5.51. The molecule has 142 valence electrons. The summed E-state index contributed by atoms with van der Waals surface area (Å²) in [6, 6.07) is 11.6. The molecule has 2 atom stereocenters. The molecule has 1 fully saturated rings. The van der Waals surface area contributed by atoms with E-state index in [0.717, 1.165) is 12.5 Å². The van der Waals surface area contributed by atoms with Crippen LogP contribution in [0.2, 0.25) is 0 Å². The van der Waals surface area contributed by atoms with Gasteiger partial charge in [-0.05, 0) is 55.8 Å². The van der Waals surface area contributed by atoms with Crippen molar-refractivity contribution < 1.29 is 4.74 Å². The van der Waals surface area contributed by atoms with Crippen LogP contribution in [0.3, 0.4) is 0 Å². The zero-order valence-electron chi connectivity index (χ0n) is 16.4. The average Bonchev–Trinajstić information content (AvgIpc) is 2.66. The molecule has 3 heteroatoms. The predicted molar refractivity (Wildman–Crippen MR) is 111 cm³/mol. The second-order valence-electron chi connectivity index (χ2n) is 7.62. The Labute approximate surface area is 159 Å². The monoisotopic (exact) mass is 363 g/mol.